The van der Waals surface area contributed by atoms with E-state index in [2.05, 4.69) is 10.3 Å². The van der Waals surface area contributed by atoms with Gasteiger partial charge in [-0.15, -0.1) is 11.8 Å². The number of nitrogens with zero attached hydrogens (tertiary/aromatic N) is 1. The predicted molar refractivity (Wildman–Crippen MR) is 67.2 cm³/mol. The molecule has 0 radical (unpaired) electrons. The van der Waals surface area contributed by atoms with Gasteiger partial charge in [0.15, 0.2) is 0 Å². The van der Waals surface area contributed by atoms with Gasteiger partial charge < -0.3 is 5.32 Å². The standard InChI is InChI=1S/C11H11ClN2OS/c1-7-11(15)14-10(13-7)6-16-9-5-3-2-4-8(9)12/h2-5,7H,6H2,1H3,(H,13,14,15). The summed E-state index contributed by atoms with van der Waals surface area (Å²) in [5.41, 5.74) is 0. The van der Waals surface area contributed by atoms with Crippen molar-refractivity contribution >= 4 is 35.1 Å². The number of rotatable bonds is 3. The quantitative estimate of drug-likeness (QED) is 0.842. The molecule has 0 aliphatic carbocycles. The van der Waals surface area contributed by atoms with Crippen LogP contribution in [0.5, 0.6) is 0 Å². The molecule has 0 spiro atoms. The van der Waals surface area contributed by atoms with Crippen molar-refractivity contribution in [2.45, 2.75) is 17.9 Å². The van der Waals surface area contributed by atoms with Crippen LogP contribution in [0.4, 0.5) is 0 Å². The second-order valence-corrected chi connectivity index (χ2v) is 4.88. The molecular formula is C11H11ClN2OS. The Hall–Kier alpha value is -1.00. The number of nitrogens with one attached hydrogen (secondary N) is 1. The number of carbonyl (C=O) groups excluding carboxylic acids is 1. The molecule has 1 aliphatic rings. The lowest BCUT2D eigenvalue weighted by Crippen LogP contribution is -2.28. The number of halogens is 1. The molecule has 5 heteroatoms. The van der Waals surface area contributed by atoms with E-state index in [1.807, 2.05) is 24.3 Å². The van der Waals surface area contributed by atoms with Gasteiger partial charge in [-0.25, -0.2) is 0 Å². The van der Waals surface area contributed by atoms with E-state index in [0.29, 0.717) is 5.75 Å². The van der Waals surface area contributed by atoms with Gasteiger partial charge in [0.05, 0.1) is 10.8 Å². The fourth-order valence-electron chi connectivity index (χ4n) is 1.35. The van der Waals surface area contributed by atoms with Gasteiger partial charge in [-0.1, -0.05) is 23.7 Å². The number of benzene rings is 1. The number of carbonyl (C=O) groups is 1. The Morgan fingerprint density at radius 2 is 2.25 bits per heavy atom. The number of amides is 1. The van der Waals surface area contributed by atoms with Crippen LogP contribution in [-0.2, 0) is 4.79 Å². The van der Waals surface area contributed by atoms with E-state index in [1.165, 1.54) is 0 Å². The molecule has 1 aromatic rings. The third-order valence-electron chi connectivity index (χ3n) is 2.20. The number of aliphatic imine (C=N–C) groups is 1. The van der Waals surface area contributed by atoms with Gasteiger partial charge in [0.25, 0.3) is 0 Å². The van der Waals surface area contributed by atoms with Crippen molar-refractivity contribution in [1.82, 2.24) is 5.32 Å². The van der Waals surface area contributed by atoms with Crippen molar-refractivity contribution in [3.8, 4) is 0 Å². The van der Waals surface area contributed by atoms with Gasteiger partial charge in [-0.05, 0) is 19.1 Å². The van der Waals surface area contributed by atoms with E-state index < -0.39 is 0 Å². The molecule has 0 saturated carbocycles. The lowest BCUT2D eigenvalue weighted by Gasteiger charge is -2.03. The summed E-state index contributed by atoms with van der Waals surface area (Å²) in [6.07, 6.45) is 0. The van der Waals surface area contributed by atoms with Gasteiger partial charge >= 0.3 is 0 Å². The number of hydrogen-bond acceptors (Lipinski definition) is 3. The summed E-state index contributed by atoms with van der Waals surface area (Å²) in [4.78, 5) is 16.4. The number of thioether (sulfide) groups is 1. The lowest BCUT2D eigenvalue weighted by atomic mass is 10.4. The minimum Gasteiger partial charge on any atom is -0.312 e. The summed E-state index contributed by atoms with van der Waals surface area (Å²) in [6, 6.07) is 7.37. The van der Waals surface area contributed by atoms with Crippen LogP contribution >= 0.6 is 23.4 Å². The van der Waals surface area contributed by atoms with Crippen LogP contribution in [0.2, 0.25) is 5.02 Å². The summed E-state index contributed by atoms with van der Waals surface area (Å²) >= 11 is 7.59. The second-order valence-electron chi connectivity index (χ2n) is 3.46. The van der Waals surface area contributed by atoms with Crippen molar-refractivity contribution in [2.75, 3.05) is 5.75 Å². The van der Waals surface area contributed by atoms with Gasteiger partial charge in [0.2, 0.25) is 5.91 Å². The molecule has 1 N–H and O–H groups in total. The average molecular weight is 255 g/mol. The molecule has 1 amide bonds. The smallest absolute Gasteiger partial charge is 0.249 e. The minimum atomic E-state index is -0.262. The van der Waals surface area contributed by atoms with E-state index >= 15 is 0 Å². The van der Waals surface area contributed by atoms with Crippen molar-refractivity contribution in [1.29, 1.82) is 0 Å². The Morgan fingerprint density at radius 1 is 1.50 bits per heavy atom. The van der Waals surface area contributed by atoms with Crippen molar-refractivity contribution in [2.24, 2.45) is 4.99 Å². The van der Waals surface area contributed by atoms with Crippen LogP contribution in [-0.4, -0.2) is 23.5 Å². The topological polar surface area (TPSA) is 41.5 Å². The summed E-state index contributed by atoms with van der Waals surface area (Å²) in [5, 5.41) is 3.47. The minimum absolute atomic E-state index is 0.0326. The van der Waals surface area contributed by atoms with E-state index in [4.69, 9.17) is 11.6 Å². The maximum atomic E-state index is 11.2. The third kappa shape index (κ3) is 2.57. The van der Waals surface area contributed by atoms with Crippen LogP contribution in [0.3, 0.4) is 0 Å². The first-order valence-corrected chi connectivity index (χ1v) is 6.28. The molecule has 1 unspecified atom stereocenters. The number of amidine groups is 1. The average Bonchev–Trinajstić information content (AvgIpc) is 2.57. The Labute approximate surface area is 103 Å². The highest BCUT2D eigenvalue weighted by Crippen LogP contribution is 2.26. The van der Waals surface area contributed by atoms with Gasteiger partial charge in [-0.3, -0.25) is 9.79 Å². The number of hydrogen-bond donors (Lipinski definition) is 1. The van der Waals surface area contributed by atoms with E-state index in [9.17, 15) is 4.79 Å². The molecule has 1 aromatic carbocycles. The fourth-order valence-corrected chi connectivity index (χ4v) is 2.47. The molecule has 1 aliphatic heterocycles. The van der Waals surface area contributed by atoms with Crippen LogP contribution < -0.4 is 5.32 Å². The SMILES string of the molecule is CC1N=C(CSc2ccccc2Cl)NC1=O. The Balaban J connectivity index is 1.96. The van der Waals surface area contributed by atoms with Crippen molar-refractivity contribution < 1.29 is 4.79 Å². The highest BCUT2D eigenvalue weighted by molar-refractivity contribution is 8.00. The summed E-state index contributed by atoms with van der Waals surface area (Å²) in [7, 11) is 0. The molecule has 3 nitrogen and oxygen atoms in total. The molecular weight excluding hydrogens is 244 g/mol. The molecule has 0 saturated heterocycles. The summed E-state index contributed by atoms with van der Waals surface area (Å²) in [5.74, 6) is 1.33. The molecule has 2 rings (SSSR count). The summed E-state index contributed by atoms with van der Waals surface area (Å²) in [6.45, 7) is 1.78. The van der Waals surface area contributed by atoms with Crippen LogP contribution in [0.15, 0.2) is 34.2 Å². The third-order valence-corrected chi connectivity index (χ3v) is 3.72. The van der Waals surface area contributed by atoms with Crippen molar-refractivity contribution in [3.63, 3.8) is 0 Å². The monoisotopic (exact) mass is 254 g/mol. The zero-order chi connectivity index (χ0) is 11.5. The van der Waals surface area contributed by atoms with Gasteiger partial charge in [0, 0.05) is 4.90 Å². The van der Waals surface area contributed by atoms with Gasteiger partial charge in [0.1, 0.15) is 11.9 Å². The summed E-state index contributed by atoms with van der Waals surface area (Å²) < 4.78 is 0. The van der Waals surface area contributed by atoms with Gasteiger partial charge in [-0.2, -0.15) is 0 Å². The molecule has 0 bridgehead atoms. The van der Waals surface area contributed by atoms with E-state index in [-0.39, 0.29) is 11.9 Å². The molecule has 84 valence electrons. The Morgan fingerprint density at radius 3 is 2.88 bits per heavy atom. The Kier molecular flexibility index (Phi) is 3.51. The second kappa shape index (κ2) is 4.89. The molecule has 1 heterocycles. The first-order valence-electron chi connectivity index (χ1n) is 4.91. The molecule has 1 atom stereocenters. The first-order chi connectivity index (χ1) is 7.66. The van der Waals surface area contributed by atoms with Crippen LogP contribution in [0, 0.1) is 0 Å². The zero-order valence-electron chi connectivity index (χ0n) is 8.74. The maximum absolute atomic E-state index is 11.2. The van der Waals surface area contributed by atoms with Crippen molar-refractivity contribution in [3.05, 3.63) is 29.3 Å². The molecule has 16 heavy (non-hydrogen) atoms. The highest BCUT2D eigenvalue weighted by atomic mass is 35.5. The first kappa shape index (κ1) is 11.5. The largest absolute Gasteiger partial charge is 0.312 e. The fraction of sp³-hybridized carbons (Fsp3) is 0.273. The predicted octanol–water partition coefficient (Wildman–Crippen LogP) is 2.35. The zero-order valence-corrected chi connectivity index (χ0v) is 10.3. The molecule has 0 aromatic heterocycles. The highest BCUT2D eigenvalue weighted by Gasteiger charge is 2.21. The maximum Gasteiger partial charge on any atom is 0.249 e. The van der Waals surface area contributed by atoms with Crippen LogP contribution in [0.25, 0.3) is 0 Å². The molecule has 0 fully saturated rings. The van der Waals surface area contributed by atoms with E-state index in [1.54, 1.807) is 18.7 Å². The normalized spacial score (nSPS) is 19.5. The lowest BCUT2D eigenvalue weighted by molar-refractivity contribution is -0.119. The Bertz CT molecular complexity index is 447. The van der Waals surface area contributed by atoms with E-state index in [0.717, 1.165) is 15.8 Å². The van der Waals surface area contributed by atoms with Crippen LogP contribution in [0.1, 0.15) is 6.92 Å².